The van der Waals surface area contributed by atoms with Crippen LogP contribution >= 0.6 is 0 Å². The van der Waals surface area contributed by atoms with Crippen molar-refractivity contribution < 1.29 is 9.18 Å². The predicted molar refractivity (Wildman–Crippen MR) is 111 cm³/mol. The zero-order valence-electron chi connectivity index (χ0n) is 17.0. The summed E-state index contributed by atoms with van der Waals surface area (Å²) in [5, 5.41) is 0. The molecule has 0 aliphatic carbocycles. The van der Waals surface area contributed by atoms with Gasteiger partial charge in [0.1, 0.15) is 17.0 Å². The van der Waals surface area contributed by atoms with Gasteiger partial charge in [-0.1, -0.05) is 18.2 Å². The number of fused-ring (bicyclic) bond motifs is 2. The second-order valence-corrected chi connectivity index (χ2v) is 8.41. The number of benzene rings is 1. The van der Waals surface area contributed by atoms with E-state index in [1.54, 1.807) is 23.1 Å². The number of amides is 1. The maximum absolute atomic E-state index is 13.8. The summed E-state index contributed by atoms with van der Waals surface area (Å²) in [6.07, 6.45) is 1.39. The highest BCUT2D eigenvalue weighted by atomic mass is 19.1. The van der Waals surface area contributed by atoms with Crippen molar-refractivity contribution in [3.63, 3.8) is 0 Å². The van der Waals surface area contributed by atoms with Crippen LogP contribution in [0.1, 0.15) is 27.7 Å². The van der Waals surface area contributed by atoms with Gasteiger partial charge < -0.3 is 4.90 Å². The normalized spacial score (nSPS) is 23.8. The number of carbonyl (C=O) groups excluding carboxylic acids is 1. The molecule has 154 valence electrons. The molecule has 5 rings (SSSR count). The number of hydrogen-bond donors (Lipinski definition) is 0. The second-order valence-electron chi connectivity index (χ2n) is 8.41. The monoisotopic (exact) mass is 406 g/mol. The lowest BCUT2D eigenvalue weighted by atomic mass is 9.89. The Labute approximate surface area is 173 Å². The van der Waals surface area contributed by atoms with Crippen LogP contribution in [0.25, 0.3) is 5.65 Å². The van der Waals surface area contributed by atoms with Crippen LogP contribution in [0.5, 0.6) is 0 Å². The van der Waals surface area contributed by atoms with Crippen molar-refractivity contribution in [3.8, 4) is 0 Å². The molecule has 1 aromatic carbocycles. The lowest BCUT2D eigenvalue weighted by molar-refractivity contribution is 0.0765. The zero-order valence-corrected chi connectivity index (χ0v) is 17.0. The minimum Gasteiger partial charge on any atom is -0.338 e. The largest absolute Gasteiger partial charge is 0.338 e. The Kier molecular flexibility index (Phi) is 4.43. The van der Waals surface area contributed by atoms with Crippen molar-refractivity contribution >= 4 is 11.6 Å². The first-order valence-corrected chi connectivity index (χ1v) is 10.2. The van der Waals surface area contributed by atoms with Crippen LogP contribution in [0.2, 0.25) is 0 Å². The van der Waals surface area contributed by atoms with Gasteiger partial charge in [0, 0.05) is 43.5 Å². The molecule has 3 atom stereocenters. The van der Waals surface area contributed by atoms with Gasteiger partial charge in [-0.15, -0.1) is 0 Å². The molecule has 0 spiro atoms. The summed E-state index contributed by atoms with van der Waals surface area (Å²) in [4.78, 5) is 34.5. The summed E-state index contributed by atoms with van der Waals surface area (Å²) in [7, 11) is 2.04. The van der Waals surface area contributed by atoms with Crippen molar-refractivity contribution in [1.29, 1.82) is 0 Å². The standard InChI is InChI=1S/C23H23FN4O2/c1-14-5-3-8-20-25-10-18(23(30)28(14)20)22(29)27-12-16-11-26(2)21(19(16)13-27)15-6-4-7-17(24)9-15/h3-10,16,19,21H,11-13H2,1-2H3/t16-,19+,21-/m0/s1. The van der Waals surface area contributed by atoms with Crippen LogP contribution in [0, 0.1) is 24.6 Å². The molecule has 4 heterocycles. The van der Waals surface area contributed by atoms with E-state index in [0.29, 0.717) is 24.7 Å². The van der Waals surface area contributed by atoms with E-state index in [0.717, 1.165) is 17.8 Å². The SMILES string of the molecule is Cc1cccc2ncc(C(=O)N3C[C@@H]4CN(C)[C@@H](c5cccc(F)c5)[C@@H]4C3)c(=O)n12. The number of likely N-dealkylation sites (tertiary alicyclic amines) is 2. The number of hydrogen-bond acceptors (Lipinski definition) is 4. The van der Waals surface area contributed by atoms with Crippen molar-refractivity contribution in [3.05, 3.63) is 81.7 Å². The Morgan fingerprint density at radius 2 is 1.93 bits per heavy atom. The maximum Gasteiger partial charge on any atom is 0.270 e. The lowest BCUT2D eigenvalue weighted by Crippen LogP contribution is -2.37. The molecular weight excluding hydrogens is 383 g/mol. The van der Waals surface area contributed by atoms with E-state index in [1.807, 2.05) is 32.2 Å². The molecule has 7 heteroatoms. The van der Waals surface area contributed by atoms with Gasteiger partial charge in [0.05, 0.1) is 0 Å². The topological polar surface area (TPSA) is 57.9 Å². The zero-order chi connectivity index (χ0) is 21.0. The van der Waals surface area contributed by atoms with Gasteiger partial charge in [0.15, 0.2) is 0 Å². The van der Waals surface area contributed by atoms with Crippen LogP contribution in [0.3, 0.4) is 0 Å². The number of rotatable bonds is 2. The summed E-state index contributed by atoms with van der Waals surface area (Å²) in [6.45, 7) is 3.80. The second kappa shape index (κ2) is 7.02. The molecule has 30 heavy (non-hydrogen) atoms. The van der Waals surface area contributed by atoms with E-state index in [-0.39, 0.29) is 34.8 Å². The van der Waals surface area contributed by atoms with Crippen molar-refractivity contribution in [2.45, 2.75) is 13.0 Å². The van der Waals surface area contributed by atoms with E-state index < -0.39 is 0 Å². The molecule has 0 unspecified atom stereocenters. The Balaban J connectivity index is 1.44. The Morgan fingerprint density at radius 3 is 2.73 bits per heavy atom. The average molecular weight is 406 g/mol. The highest BCUT2D eigenvalue weighted by Gasteiger charge is 2.47. The maximum atomic E-state index is 13.8. The highest BCUT2D eigenvalue weighted by molar-refractivity contribution is 5.94. The summed E-state index contributed by atoms with van der Waals surface area (Å²) in [5.74, 6) is -0.0233. The fourth-order valence-electron chi connectivity index (χ4n) is 5.21. The van der Waals surface area contributed by atoms with Gasteiger partial charge in [0.25, 0.3) is 11.5 Å². The van der Waals surface area contributed by atoms with Crippen LogP contribution in [0.15, 0.2) is 53.5 Å². The smallest absolute Gasteiger partial charge is 0.270 e. The third-order valence-electron chi connectivity index (χ3n) is 6.53. The van der Waals surface area contributed by atoms with E-state index in [4.69, 9.17) is 0 Å². The quantitative estimate of drug-likeness (QED) is 0.656. The third-order valence-corrected chi connectivity index (χ3v) is 6.53. The Morgan fingerprint density at radius 1 is 1.13 bits per heavy atom. The summed E-state index contributed by atoms with van der Waals surface area (Å²) in [6, 6.07) is 12.2. The molecule has 2 saturated heterocycles. The summed E-state index contributed by atoms with van der Waals surface area (Å²) >= 11 is 0. The van der Waals surface area contributed by atoms with E-state index in [1.165, 1.54) is 16.7 Å². The molecule has 0 bridgehead atoms. The fraction of sp³-hybridized carbons (Fsp3) is 0.348. The van der Waals surface area contributed by atoms with Gasteiger partial charge in [0.2, 0.25) is 0 Å². The Bertz CT molecular complexity index is 1210. The minimum atomic E-state index is -0.334. The third kappa shape index (κ3) is 2.92. The number of pyridine rings is 1. The van der Waals surface area contributed by atoms with Crippen molar-refractivity contribution in [2.24, 2.45) is 11.8 Å². The van der Waals surface area contributed by atoms with E-state index in [2.05, 4.69) is 9.88 Å². The molecule has 2 aliphatic rings. The number of nitrogens with zero attached hydrogens (tertiary/aromatic N) is 4. The molecule has 2 aliphatic heterocycles. The van der Waals surface area contributed by atoms with E-state index in [9.17, 15) is 14.0 Å². The molecule has 2 aromatic heterocycles. The van der Waals surface area contributed by atoms with Crippen LogP contribution in [0.4, 0.5) is 4.39 Å². The first kappa shape index (κ1) is 18.9. The van der Waals surface area contributed by atoms with Gasteiger partial charge in [-0.3, -0.25) is 18.9 Å². The molecule has 0 N–H and O–H groups in total. The van der Waals surface area contributed by atoms with Crippen molar-refractivity contribution in [1.82, 2.24) is 19.2 Å². The van der Waals surface area contributed by atoms with Gasteiger partial charge in [-0.2, -0.15) is 0 Å². The average Bonchev–Trinajstić information content (AvgIpc) is 3.24. The number of aromatic nitrogens is 2. The highest BCUT2D eigenvalue weighted by Crippen LogP contribution is 2.44. The Hall–Kier alpha value is -3.06. The summed E-state index contributed by atoms with van der Waals surface area (Å²) < 4.78 is 15.3. The van der Waals surface area contributed by atoms with Gasteiger partial charge >= 0.3 is 0 Å². The predicted octanol–water partition coefficient (Wildman–Crippen LogP) is 2.52. The van der Waals surface area contributed by atoms with Crippen molar-refractivity contribution in [2.75, 3.05) is 26.7 Å². The molecule has 1 amide bonds. The summed E-state index contributed by atoms with van der Waals surface area (Å²) in [5.41, 5.74) is 1.96. The number of halogens is 1. The molecule has 2 fully saturated rings. The first-order chi connectivity index (χ1) is 14.4. The van der Waals surface area contributed by atoms with E-state index >= 15 is 0 Å². The van der Waals surface area contributed by atoms with Crippen LogP contribution in [-0.2, 0) is 0 Å². The molecule has 0 radical (unpaired) electrons. The van der Waals surface area contributed by atoms with Crippen LogP contribution in [-0.4, -0.2) is 51.8 Å². The lowest BCUT2D eigenvalue weighted by Gasteiger charge is -2.27. The fourth-order valence-corrected chi connectivity index (χ4v) is 5.21. The number of carbonyl (C=O) groups is 1. The van der Waals surface area contributed by atoms with Gasteiger partial charge in [-0.25, -0.2) is 9.37 Å². The molecule has 3 aromatic rings. The molecule has 0 saturated carbocycles. The molecular formula is C23H23FN4O2. The molecule has 6 nitrogen and oxygen atoms in total. The van der Waals surface area contributed by atoms with Crippen LogP contribution < -0.4 is 5.56 Å². The first-order valence-electron chi connectivity index (χ1n) is 10.2. The minimum absolute atomic E-state index is 0.0570. The number of aryl methyl sites for hydroxylation is 1. The van der Waals surface area contributed by atoms with Gasteiger partial charge in [-0.05, 0) is 49.7 Å².